The molecule has 2 N–H and O–H groups in total. The van der Waals surface area contributed by atoms with Crippen molar-refractivity contribution in [2.24, 2.45) is 0 Å². The number of nitrogens with one attached hydrogen (secondary N) is 2. The van der Waals surface area contributed by atoms with Gasteiger partial charge in [0.1, 0.15) is 16.5 Å². The smallest absolute Gasteiger partial charge is 0.341 e. The number of amides is 2. The molecule has 44 heavy (non-hydrogen) atoms. The van der Waals surface area contributed by atoms with E-state index in [0.717, 1.165) is 29.7 Å². The Morgan fingerprint density at radius 1 is 1.07 bits per heavy atom. The normalized spacial score (nSPS) is 12.7. The molecule has 0 unspecified atom stereocenters. The van der Waals surface area contributed by atoms with Gasteiger partial charge in [0.25, 0.3) is 5.91 Å². The van der Waals surface area contributed by atoms with Crippen LogP contribution in [0.15, 0.2) is 53.7 Å². The summed E-state index contributed by atoms with van der Waals surface area (Å²) in [7, 11) is 3.11. The molecular weight excluding hydrogens is 603 g/mol. The molecule has 0 saturated heterocycles. The molecule has 2 heterocycles. The summed E-state index contributed by atoms with van der Waals surface area (Å²) in [6, 6.07) is 14.2. The van der Waals surface area contributed by atoms with Gasteiger partial charge in [-0.3, -0.25) is 14.2 Å². The summed E-state index contributed by atoms with van der Waals surface area (Å²) in [5.74, 6) is 0.573. The van der Waals surface area contributed by atoms with Crippen molar-refractivity contribution in [1.29, 1.82) is 0 Å². The molecule has 0 fully saturated rings. The quantitative estimate of drug-likeness (QED) is 0.162. The minimum atomic E-state index is -0.612. The summed E-state index contributed by atoms with van der Waals surface area (Å²) in [5.41, 5.74) is 2.52. The zero-order chi connectivity index (χ0) is 31.2. The Hall–Kier alpha value is -4.36. The number of aromatic nitrogens is 3. The number of thioether (sulfide) groups is 1. The Labute approximate surface area is 263 Å². The van der Waals surface area contributed by atoms with Crippen molar-refractivity contribution in [3.63, 3.8) is 0 Å². The average molecular weight is 636 g/mol. The number of fused-ring (bicyclic) bond motifs is 1. The number of methoxy groups -OCH3 is 2. The van der Waals surface area contributed by atoms with Gasteiger partial charge in [-0.1, -0.05) is 30.0 Å². The first-order chi connectivity index (χ1) is 21.3. The molecule has 1 atom stereocenters. The summed E-state index contributed by atoms with van der Waals surface area (Å²) in [4.78, 5) is 40.3. The first-order valence-electron chi connectivity index (χ1n) is 14.1. The molecule has 0 aliphatic heterocycles. The minimum Gasteiger partial charge on any atom is -0.497 e. The molecule has 1 aliphatic carbocycles. The van der Waals surface area contributed by atoms with Gasteiger partial charge in [0.2, 0.25) is 5.91 Å². The maximum absolute atomic E-state index is 13.5. The Bertz CT molecular complexity index is 1680. The molecule has 13 heteroatoms. The number of ether oxygens (including phenoxy) is 3. The van der Waals surface area contributed by atoms with Crippen LogP contribution in [0.25, 0.3) is 5.69 Å². The first kappa shape index (κ1) is 31.1. The van der Waals surface area contributed by atoms with E-state index in [2.05, 4.69) is 20.8 Å². The van der Waals surface area contributed by atoms with Gasteiger partial charge in [-0.15, -0.1) is 21.5 Å². The van der Waals surface area contributed by atoms with Gasteiger partial charge in [-0.25, -0.2) is 4.79 Å². The van der Waals surface area contributed by atoms with Crippen LogP contribution in [0.3, 0.4) is 0 Å². The highest BCUT2D eigenvalue weighted by atomic mass is 32.2. The number of thiophene rings is 1. The third-order valence-corrected chi connectivity index (χ3v) is 9.30. The van der Waals surface area contributed by atoms with E-state index in [1.54, 1.807) is 56.9 Å². The van der Waals surface area contributed by atoms with Crippen LogP contribution in [0, 0.1) is 0 Å². The Kier molecular flexibility index (Phi) is 9.85. The Morgan fingerprint density at radius 3 is 2.66 bits per heavy atom. The Morgan fingerprint density at radius 2 is 1.89 bits per heavy atom. The highest BCUT2D eigenvalue weighted by Crippen LogP contribution is 2.40. The lowest BCUT2D eigenvalue weighted by molar-refractivity contribution is -0.115. The Balaban J connectivity index is 1.38. The monoisotopic (exact) mass is 635 g/mol. The SMILES string of the molecule is CCOC(=O)c1c(NC(=O)[C@@H](C)Sc2nnc(CNC(=O)c3cccc(OC)c3)n2-c2ccccc2OC)sc2c1CCC2. The van der Waals surface area contributed by atoms with E-state index in [1.807, 2.05) is 24.3 Å². The van der Waals surface area contributed by atoms with Crippen molar-refractivity contribution in [3.8, 4) is 17.2 Å². The highest BCUT2D eigenvalue weighted by molar-refractivity contribution is 8.00. The van der Waals surface area contributed by atoms with Crippen LogP contribution in [-0.2, 0) is 28.9 Å². The van der Waals surface area contributed by atoms with Gasteiger partial charge in [0.05, 0.1) is 43.9 Å². The number of aryl methyl sites for hydroxylation is 1. The molecule has 2 aromatic carbocycles. The standard InChI is InChI=1S/C31H33N5O6S2/c1-5-42-30(39)26-21-12-9-15-24(21)44-29(26)33-27(37)18(2)43-31-35-34-25(36(31)22-13-6-7-14-23(22)41-4)17-32-28(38)19-10-8-11-20(16-19)40-3/h6-8,10-11,13-14,16,18H,5,9,12,15,17H2,1-4H3,(H,32,38)(H,33,37)/t18-/m1/s1. The summed E-state index contributed by atoms with van der Waals surface area (Å²) in [6.07, 6.45) is 2.65. The number of anilines is 1. The predicted molar refractivity (Wildman–Crippen MR) is 168 cm³/mol. The lowest BCUT2D eigenvalue weighted by atomic mass is 10.1. The second-order valence-electron chi connectivity index (χ2n) is 9.85. The lowest BCUT2D eigenvalue weighted by Gasteiger charge is -2.16. The summed E-state index contributed by atoms with van der Waals surface area (Å²) >= 11 is 2.64. The van der Waals surface area contributed by atoms with Crippen molar-refractivity contribution >= 4 is 45.9 Å². The summed E-state index contributed by atoms with van der Waals surface area (Å²) in [5, 5.41) is 14.9. The largest absolute Gasteiger partial charge is 0.497 e. The number of carbonyl (C=O) groups is 3. The lowest BCUT2D eigenvalue weighted by Crippen LogP contribution is -2.25. The molecule has 11 nitrogen and oxygen atoms in total. The number of benzene rings is 2. The van der Waals surface area contributed by atoms with Crippen molar-refractivity contribution in [2.45, 2.75) is 50.1 Å². The van der Waals surface area contributed by atoms with Gasteiger partial charge in [-0.05, 0) is 69.0 Å². The van der Waals surface area contributed by atoms with E-state index in [4.69, 9.17) is 14.2 Å². The van der Waals surface area contributed by atoms with Gasteiger partial charge >= 0.3 is 5.97 Å². The number of nitrogens with zero attached hydrogens (tertiary/aromatic N) is 3. The molecule has 230 valence electrons. The molecule has 0 saturated carbocycles. The zero-order valence-electron chi connectivity index (χ0n) is 24.8. The second kappa shape index (κ2) is 14.0. The summed E-state index contributed by atoms with van der Waals surface area (Å²) < 4.78 is 17.9. The third kappa shape index (κ3) is 6.58. The van der Waals surface area contributed by atoms with E-state index >= 15 is 0 Å². The second-order valence-corrected chi connectivity index (χ2v) is 12.3. The van der Waals surface area contributed by atoms with Gasteiger partial charge in [-0.2, -0.15) is 0 Å². The summed E-state index contributed by atoms with van der Waals surface area (Å²) in [6.45, 7) is 3.84. The van der Waals surface area contributed by atoms with Crippen LogP contribution in [0.2, 0.25) is 0 Å². The van der Waals surface area contributed by atoms with Crippen LogP contribution in [-0.4, -0.2) is 58.6 Å². The maximum Gasteiger partial charge on any atom is 0.341 e. The molecule has 5 rings (SSSR count). The predicted octanol–water partition coefficient (Wildman–Crippen LogP) is 5.06. The first-order valence-corrected chi connectivity index (χ1v) is 15.8. The fraction of sp³-hybridized carbons (Fsp3) is 0.323. The molecule has 1 aliphatic rings. The minimum absolute atomic E-state index is 0.0614. The van der Waals surface area contributed by atoms with Crippen molar-refractivity contribution in [2.75, 3.05) is 26.1 Å². The molecular formula is C31H33N5O6S2. The fourth-order valence-corrected chi connectivity index (χ4v) is 7.07. The number of para-hydroxylation sites is 2. The van der Waals surface area contributed by atoms with Gasteiger partial charge in [0, 0.05) is 10.4 Å². The maximum atomic E-state index is 13.5. The van der Waals surface area contributed by atoms with Crippen molar-refractivity contribution in [3.05, 3.63) is 75.9 Å². The van der Waals surface area contributed by atoms with Crippen LogP contribution in [0.1, 0.15) is 57.2 Å². The van der Waals surface area contributed by atoms with Gasteiger partial charge in [0.15, 0.2) is 11.0 Å². The zero-order valence-corrected chi connectivity index (χ0v) is 26.5. The van der Waals surface area contributed by atoms with E-state index in [9.17, 15) is 14.4 Å². The molecule has 2 aromatic heterocycles. The van der Waals surface area contributed by atoms with Crippen LogP contribution in [0.5, 0.6) is 11.5 Å². The van der Waals surface area contributed by atoms with Crippen molar-refractivity contribution < 1.29 is 28.6 Å². The number of hydrogen-bond donors (Lipinski definition) is 2. The molecule has 0 spiro atoms. The van der Waals surface area contributed by atoms with E-state index in [0.29, 0.717) is 44.3 Å². The number of rotatable bonds is 12. The topological polar surface area (TPSA) is 134 Å². The van der Waals surface area contributed by atoms with Crippen LogP contribution >= 0.6 is 23.1 Å². The molecule has 0 radical (unpaired) electrons. The highest BCUT2D eigenvalue weighted by Gasteiger charge is 2.30. The average Bonchev–Trinajstić information content (AvgIpc) is 3.74. The van der Waals surface area contributed by atoms with Gasteiger partial charge < -0.3 is 24.8 Å². The molecule has 2 amide bonds. The van der Waals surface area contributed by atoms with Crippen LogP contribution < -0.4 is 20.1 Å². The van der Waals surface area contributed by atoms with E-state index < -0.39 is 11.2 Å². The third-order valence-electron chi connectivity index (χ3n) is 7.05. The fourth-order valence-electron chi connectivity index (χ4n) is 4.91. The van der Waals surface area contributed by atoms with Crippen molar-refractivity contribution in [1.82, 2.24) is 20.1 Å². The van der Waals surface area contributed by atoms with E-state index in [1.165, 1.54) is 23.1 Å². The number of hydrogen-bond acceptors (Lipinski definition) is 10. The van der Waals surface area contributed by atoms with E-state index in [-0.39, 0.29) is 25.0 Å². The van der Waals surface area contributed by atoms with Crippen LogP contribution in [0.4, 0.5) is 5.00 Å². The molecule has 4 aromatic rings. The number of carbonyl (C=O) groups excluding carboxylic acids is 3. The number of esters is 1. The molecule has 0 bridgehead atoms.